The first-order valence-electron chi connectivity index (χ1n) is 18.2. The number of aromatic nitrogens is 3. The zero-order valence-corrected chi connectivity index (χ0v) is 30.1. The summed E-state index contributed by atoms with van der Waals surface area (Å²) in [6, 6.07) is 55.0. The molecule has 1 aliphatic heterocycles. The molecule has 0 spiro atoms. The van der Waals surface area contributed by atoms with Crippen molar-refractivity contribution in [2.45, 2.75) is 19.3 Å². The second-order valence-electron chi connectivity index (χ2n) is 14.4. The highest BCUT2D eigenvalue weighted by atomic mass is 16.6. The lowest BCUT2D eigenvalue weighted by molar-refractivity contribution is 0.360. The maximum Gasteiger partial charge on any atom is 0.178 e. The zero-order valence-electron chi connectivity index (χ0n) is 30.1. The van der Waals surface area contributed by atoms with Gasteiger partial charge in [0.1, 0.15) is 0 Å². The number of nitriles is 1. The van der Waals surface area contributed by atoms with Gasteiger partial charge in [0.05, 0.1) is 11.6 Å². The molecule has 260 valence electrons. The van der Waals surface area contributed by atoms with Crippen LogP contribution in [-0.2, 0) is 5.41 Å². The highest BCUT2D eigenvalue weighted by Gasteiger charge is 2.39. The van der Waals surface area contributed by atoms with Gasteiger partial charge in [-0.25, -0.2) is 15.0 Å². The molecule has 6 heteroatoms. The highest BCUT2D eigenvalue weighted by Crippen LogP contribution is 2.58. The van der Waals surface area contributed by atoms with E-state index in [1.54, 1.807) is 6.07 Å². The van der Waals surface area contributed by atoms with E-state index in [0.717, 1.165) is 56.0 Å². The van der Waals surface area contributed by atoms with Crippen molar-refractivity contribution in [2.24, 2.45) is 0 Å². The number of rotatable bonds is 5. The fourth-order valence-electron chi connectivity index (χ4n) is 7.77. The van der Waals surface area contributed by atoms with Crippen LogP contribution in [-0.4, -0.2) is 15.0 Å². The van der Waals surface area contributed by atoms with E-state index in [4.69, 9.17) is 24.4 Å². The number of ether oxygens (including phenoxy) is 2. The van der Waals surface area contributed by atoms with Gasteiger partial charge in [0.25, 0.3) is 0 Å². The molecule has 0 atom stereocenters. The van der Waals surface area contributed by atoms with E-state index in [1.165, 1.54) is 16.7 Å². The summed E-state index contributed by atoms with van der Waals surface area (Å²) in [7, 11) is 0. The van der Waals surface area contributed by atoms with Gasteiger partial charge in [-0.1, -0.05) is 135 Å². The first-order valence-corrected chi connectivity index (χ1v) is 18.2. The molecule has 8 aromatic rings. The molecular weight excluding hydrogens is 677 g/mol. The van der Waals surface area contributed by atoms with Crippen LogP contribution in [0, 0.1) is 11.3 Å². The Labute approximate surface area is 319 Å². The number of fused-ring (bicyclic) bond motifs is 6. The predicted molar refractivity (Wildman–Crippen MR) is 216 cm³/mol. The Hall–Kier alpha value is -7.36. The van der Waals surface area contributed by atoms with Crippen molar-refractivity contribution in [3.05, 3.63) is 174 Å². The molecule has 55 heavy (non-hydrogen) atoms. The van der Waals surface area contributed by atoms with Gasteiger partial charge in [0, 0.05) is 27.7 Å². The molecular formula is C49H32N4O2. The van der Waals surface area contributed by atoms with Crippen LogP contribution in [0.1, 0.15) is 30.5 Å². The third kappa shape index (κ3) is 5.53. The van der Waals surface area contributed by atoms with E-state index in [2.05, 4.69) is 74.5 Å². The fourth-order valence-corrected chi connectivity index (χ4v) is 7.77. The first kappa shape index (κ1) is 32.3. The summed E-state index contributed by atoms with van der Waals surface area (Å²) >= 11 is 0. The molecule has 0 radical (unpaired) electrons. The lowest BCUT2D eigenvalue weighted by atomic mass is 9.82. The molecule has 2 heterocycles. The Balaban J connectivity index is 0.993. The number of hydrogen-bond acceptors (Lipinski definition) is 6. The van der Waals surface area contributed by atoms with Crippen molar-refractivity contribution in [1.29, 1.82) is 5.26 Å². The van der Waals surface area contributed by atoms with E-state index in [0.29, 0.717) is 34.5 Å². The van der Waals surface area contributed by atoms with Gasteiger partial charge in [0.15, 0.2) is 40.5 Å². The topological polar surface area (TPSA) is 80.9 Å². The van der Waals surface area contributed by atoms with Crippen molar-refractivity contribution >= 4 is 0 Å². The third-order valence-corrected chi connectivity index (χ3v) is 10.6. The summed E-state index contributed by atoms with van der Waals surface area (Å²) in [5.74, 6) is 4.58. The van der Waals surface area contributed by atoms with E-state index >= 15 is 0 Å². The number of benzene rings is 7. The summed E-state index contributed by atoms with van der Waals surface area (Å²) in [6.07, 6.45) is 0. The van der Waals surface area contributed by atoms with Gasteiger partial charge >= 0.3 is 0 Å². The number of hydrogen-bond donors (Lipinski definition) is 0. The molecule has 0 saturated carbocycles. The molecule has 2 aliphatic rings. The van der Waals surface area contributed by atoms with Gasteiger partial charge in [0.2, 0.25) is 0 Å². The van der Waals surface area contributed by atoms with Crippen molar-refractivity contribution in [3.8, 4) is 96.6 Å². The lowest BCUT2D eigenvalue weighted by Crippen LogP contribution is -2.15. The van der Waals surface area contributed by atoms with Crippen LogP contribution in [0.15, 0.2) is 158 Å². The average Bonchev–Trinajstić information content (AvgIpc) is 3.49. The van der Waals surface area contributed by atoms with Crippen LogP contribution in [0.2, 0.25) is 0 Å². The second kappa shape index (κ2) is 12.6. The van der Waals surface area contributed by atoms with Crippen LogP contribution in [0.3, 0.4) is 0 Å². The number of nitrogens with zero attached hydrogens (tertiary/aromatic N) is 4. The van der Waals surface area contributed by atoms with Crippen LogP contribution in [0.25, 0.3) is 67.5 Å². The SMILES string of the molecule is CC1(C)c2ccccc2-c2c1ccc1c2Oc2cc(-c3ccc(-c4nc(-c5ccccc5)nc(-c5cccc(-c6cccc(C#N)c6)c5)n4)cc3)ccc2O1. The van der Waals surface area contributed by atoms with Crippen LogP contribution in [0.5, 0.6) is 23.0 Å². The van der Waals surface area contributed by atoms with Crippen molar-refractivity contribution in [2.75, 3.05) is 0 Å². The summed E-state index contributed by atoms with van der Waals surface area (Å²) in [6.45, 7) is 4.53. The molecule has 0 unspecified atom stereocenters. The highest BCUT2D eigenvalue weighted by molar-refractivity contribution is 5.88. The van der Waals surface area contributed by atoms with Gasteiger partial charge in [-0.15, -0.1) is 0 Å². The Kier molecular flexibility index (Phi) is 7.43. The first-order chi connectivity index (χ1) is 26.9. The minimum absolute atomic E-state index is 0.134. The molecule has 0 fully saturated rings. The average molecular weight is 709 g/mol. The Morgan fingerprint density at radius 3 is 1.82 bits per heavy atom. The summed E-state index contributed by atoms with van der Waals surface area (Å²) in [5.41, 5.74) is 11.9. The van der Waals surface area contributed by atoms with Gasteiger partial charge in [-0.05, 0) is 75.3 Å². The van der Waals surface area contributed by atoms with E-state index in [-0.39, 0.29) is 5.41 Å². The molecule has 1 aliphatic carbocycles. The zero-order chi connectivity index (χ0) is 37.1. The van der Waals surface area contributed by atoms with Crippen molar-refractivity contribution in [3.63, 3.8) is 0 Å². The lowest BCUT2D eigenvalue weighted by Gasteiger charge is -2.25. The van der Waals surface area contributed by atoms with Gasteiger partial charge < -0.3 is 9.47 Å². The van der Waals surface area contributed by atoms with Crippen LogP contribution < -0.4 is 9.47 Å². The van der Waals surface area contributed by atoms with E-state index in [9.17, 15) is 5.26 Å². The minimum atomic E-state index is -0.134. The molecule has 0 saturated heterocycles. The predicted octanol–water partition coefficient (Wildman–Crippen LogP) is 12.3. The standard InChI is InChI=1S/C49H32N4O2/c1-49(2)39-17-7-6-16-38(39)44-40(49)23-25-42-45(44)55-43-28-36(22-24-41(43)54-42)31-18-20-33(21-19-31)47-51-46(32-11-4-3-5-12-32)52-48(53-47)37-15-9-14-35(27-37)34-13-8-10-30(26-34)29-50/h3-28H,1-2H3. The Bertz CT molecular complexity index is 2860. The summed E-state index contributed by atoms with van der Waals surface area (Å²) in [5, 5.41) is 9.46. The Morgan fingerprint density at radius 2 is 1.04 bits per heavy atom. The van der Waals surface area contributed by atoms with E-state index < -0.39 is 0 Å². The van der Waals surface area contributed by atoms with Crippen molar-refractivity contribution < 1.29 is 9.47 Å². The molecule has 0 bridgehead atoms. The third-order valence-electron chi connectivity index (χ3n) is 10.6. The molecule has 7 aromatic carbocycles. The Morgan fingerprint density at radius 1 is 0.455 bits per heavy atom. The second-order valence-corrected chi connectivity index (χ2v) is 14.4. The normalized spacial score (nSPS) is 13.0. The summed E-state index contributed by atoms with van der Waals surface area (Å²) < 4.78 is 13.1. The van der Waals surface area contributed by atoms with Crippen LogP contribution in [0.4, 0.5) is 0 Å². The molecule has 6 nitrogen and oxygen atoms in total. The van der Waals surface area contributed by atoms with E-state index in [1.807, 2.05) is 97.1 Å². The largest absolute Gasteiger partial charge is 0.449 e. The molecule has 10 rings (SSSR count). The van der Waals surface area contributed by atoms with Gasteiger partial charge in [-0.3, -0.25) is 0 Å². The van der Waals surface area contributed by atoms with Crippen molar-refractivity contribution in [1.82, 2.24) is 15.0 Å². The quantitative estimate of drug-likeness (QED) is 0.177. The molecule has 0 N–H and O–H groups in total. The monoisotopic (exact) mass is 708 g/mol. The van der Waals surface area contributed by atoms with Gasteiger partial charge in [-0.2, -0.15) is 5.26 Å². The molecule has 1 aromatic heterocycles. The van der Waals surface area contributed by atoms with Crippen LogP contribution >= 0.6 is 0 Å². The summed E-state index contributed by atoms with van der Waals surface area (Å²) in [4.78, 5) is 14.9. The fraction of sp³-hybridized carbons (Fsp3) is 0.0612. The maximum absolute atomic E-state index is 9.46. The minimum Gasteiger partial charge on any atom is -0.449 e. The smallest absolute Gasteiger partial charge is 0.178 e. The maximum atomic E-state index is 9.46. The molecule has 0 amide bonds.